The van der Waals surface area contributed by atoms with Crippen LogP contribution in [0, 0.1) is 23.7 Å². The summed E-state index contributed by atoms with van der Waals surface area (Å²) < 4.78 is 2.47. The van der Waals surface area contributed by atoms with Crippen LogP contribution in [0.4, 0.5) is 0 Å². The van der Waals surface area contributed by atoms with Gasteiger partial charge in [-0.3, -0.25) is 0 Å². The van der Waals surface area contributed by atoms with Gasteiger partial charge in [-0.1, -0.05) is 99.6 Å². The second kappa shape index (κ2) is 8.54. The minimum Gasteiger partial charge on any atom is -0.309 e. The molecule has 4 bridgehead atoms. The Balaban J connectivity index is 1.20. The molecule has 5 aliphatic rings. The van der Waals surface area contributed by atoms with E-state index in [1.807, 2.05) is 0 Å². The van der Waals surface area contributed by atoms with E-state index in [0.29, 0.717) is 0 Å². The van der Waals surface area contributed by atoms with Crippen molar-refractivity contribution in [2.24, 2.45) is 23.7 Å². The van der Waals surface area contributed by atoms with Gasteiger partial charge >= 0.3 is 0 Å². The van der Waals surface area contributed by atoms with Crippen molar-refractivity contribution < 1.29 is 0 Å². The second-order valence-electron chi connectivity index (χ2n) is 15.4. The number of benzene rings is 5. The highest BCUT2D eigenvalue weighted by molar-refractivity contribution is 6.15. The summed E-state index contributed by atoms with van der Waals surface area (Å²) in [6, 6.07) is 42.1. The van der Waals surface area contributed by atoms with E-state index in [1.165, 1.54) is 81.0 Å². The quantitative estimate of drug-likeness (QED) is 0.195. The van der Waals surface area contributed by atoms with E-state index >= 15 is 0 Å². The topological polar surface area (TPSA) is 4.93 Å². The van der Waals surface area contributed by atoms with Crippen LogP contribution in [0.5, 0.6) is 0 Å². The van der Waals surface area contributed by atoms with Gasteiger partial charge in [-0.25, -0.2) is 0 Å². The Morgan fingerprint density at radius 2 is 1.39 bits per heavy atom. The van der Waals surface area contributed by atoms with E-state index in [9.17, 15) is 0 Å². The van der Waals surface area contributed by atoms with E-state index in [4.69, 9.17) is 0 Å². The lowest BCUT2D eigenvalue weighted by Gasteiger charge is -2.44. The van der Waals surface area contributed by atoms with Crippen molar-refractivity contribution in [3.8, 4) is 27.9 Å². The fourth-order valence-corrected chi connectivity index (χ4v) is 10.8. The van der Waals surface area contributed by atoms with Crippen LogP contribution in [0.1, 0.15) is 63.1 Å². The van der Waals surface area contributed by atoms with Crippen molar-refractivity contribution in [2.75, 3.05) is 0 Å². The lowest BCUT2D eigenvalue weighted by Crippen LogP contribution is -2.40. The molecule has 5 aromatic carbocycles. The summed E-state index contributed by atoms with van der Waals surface area (Å²) in [4.78, 5) is 0. The summed E-state index contributed by atoms with van der Waals surface area (Å²) in [6.45, 7) is 6.86. The number of nitrogens with zero attached hydrogens (tertiary/aromatic N) is 1. The third kappa shape index (κ3) is 3.11. The Labute approximate surface area is 260 Å². The monoisotopic (exact) mass is 569 g/mol. The van der Waals surface area contributed by atoms with Crippen LogP contribution in [0.3, 0.4) is 0 Å². The largest absolute Gasteiger partial charge is 0.309 e. The van der Waals surface area contributed by atoms with Crippen LogP contribution in [-0.4, -0.2) is 4.57 Å². The molecule has 1 spiro atoms. The first-order valence-electron chi connectivity index (χ1n) is 16.8. The molecule has 0 saturated heterocycles. The van der Waals surface area contributed by atoms with E-state index < -0.39 is 0 Å². The molecule has 0 N–H and O–H groups in total. The zero-order chi connectivity index (χ0) is 29.4. The van der Waals surface area contributed by atoms with Gasteiger partial charge in [0.15, 0.2) is 0 Å². The van der Waals surface area contributed by atoms with Gasteiger partial charge in [0.2, 0.25) is 0 Å². The van der Waals surface area contributed by atoms with Crippen molar-refractivity contribution in [2.45, 2.75) is 57.3 Å². The van der Waals surface area contributed by atoms with Crippen LogP contribution in [0.15, 0.2) is 109 Å². The third-order valence-electron chi connectivity index (χ3n) is 12.4. The van der Waals surface area contributed by atoms with E-state index in [0.717, 1.165) is 23.7 Å². The van der Waals surface area contributed by atoms with Crippen molar-refractivity contribution in [1.29, 1.82) is 0 Å². The number of hydrogen-bond donors (Lipinski definition) is 0. The average Bonchev–Trinajstić information content (AvgIpc) is 3.70. The number of fused-ring (bicyclic) bond motifs is 6. The van der Waals surface area contributed by atoms with Gasteiger partial charge in [-0.05, 0) is 124 Å². The minimum atomic E-state index is 0.134. The Morgan fingerprint density at radius 3 is 2.23 bits per heavy atom. The summed E-state index contributed by atoms with van der Waals surface area (Å²) in [7, 11) is 0. The van der Waals surface area contributed by atoms with Gasteiger partial charge in [0.25, 0.3) is 0 Å². The molecule has 0 amide bonds. The molecule has 4 fully saturated rings. The van der Waals surface area contributed by atoms with Crippen LogP contribution in [0.2, 0.25) is 0 Å². The lowest BCUT2D eigenvalue weighted by molar-refractivity contribution is 0.191. The molecule has 1 heteroatoms. The zero-order valence-electron chi connectivity index (χ0n) is 26.0. The van der Waals surface area contributed by atoms with Gasteiger partial charge in [0.05, 0.1) is 11.0 Å². The highest BCUT2D eigenvalue weighted by Gasteiger charge is 2.65. The van der Waals surface area contributed by atoms with Crippen LogP contribution >= 0.6 is 0 Å². The molecule has 1 nitrogen and oxygen atoms in total. The molecule has 11 rings (SSSR count). The Morgan fingerprint density at radius 1 is 0.636 bits per heavy atom. The molecule has 0 aliphatic heterocycles. The molecule has 1 heterocycles. The summed E-state index contributed by atoms with van der Waals surface area (Å²) >= 11 is 0. The Kier molecular flexibility index (Phi) is 4.90. The molecular weight excluding hydrogens is 530 g/mol. The summed E-state index contributed by atoms with van der Waals surface area (Å²) in [6.07, 6.45) is 5.74. The minimum absolute atomic E-state index is 0.134. The van der Waals surface area contributed by atoms with Crippen LogP contribution in [0.25, 0.3) is 49.7 Å². The average molecular weight is 570 g/mol. The summed E-state index contributed by atoms with van der Waals surface area (Å²) in [5.74, 6) is 3.47. The molecule has 44 heavy (non-hydrogen) atoms. The molecule has 6 aromatic rings. The van der Waals surface area contributed by atoms with Crippen molar-refractivity contribution in [3.05, 3.63) is 126 Å². The van der Waals surface area contributed by atoms with Crippen LogP contribution in [-0.2, 0) is 10.8 Å². The second-order valence-corrected chi connectivity index (χ2v) is 15.4. The molecule has 216 valence electrons. The molecule has 0 radical (unpaired) electrons. The molecule has 1 aromatic heterocycles. The highest BCUT2D eigenvalue weighted by Crippen LogP contribution is 2.73. The van der Waals surface area contributed by atoms with Crippen molar-refractivity contribution in [1.82, 2.24) is 4.57 Å². The molecule has 5 unspecified atom stereocenters. The molecule has 4 saturated carbocycles. The maximum absolute atomic E-state index is 2.64. The van der Waals surface area contributed by atoms with Gasteiger partial charge in [0, 0.05) is 21.9 Å². The van der Waals surface area contributed by atoms with E-state index in [1.54, 1.807) is 11.1 Å². The summed E-state index contributed by atoms with van der Waals surface area (Å²) in [5, 5.41) is 2.69. The maximum Gasteiger partial charge on any atom is 0.0547 e. The molecule has 5 atom stereocenters. The first kappa shape index (κ1) is 25.2. The van der Waals surface area contributed by atoms with Crippen molar-refractivity contribution in [3.63, 3.8) is 0 Å². The Hall–Kier alpha value is -4.10. The highest BCUT2D eigenvalue weighted by atomic mass is 15.0. The maximum atomic E-state index is 2.64. The lowest BCUT2D eigenvalue weighted by atomic mass is 9.59. The number of para-hydroxylation sites is 1. The zero-order valence-corrected chi connectivity index (χ0v) is 26.0. The normalized spacial score (nSPS) is 26.2. The van der Waals surface area contributed by atoms with Crippen LogP contribution < -0.4 is 0 Å². The fraction of sp³-hybridized carbons (Fsp3) is 0.302. The third-order valence-corrected chi connectivity index (χ3v) is 12.4. The van der Waals surface area contributed by atoms with Gasteiger partial charge < -0.3 is 4.57 Å². The number of rotatable bonds is 2. The van der Waals surface area contributed by atoms with E-state index in [-0.39, 0.29) is 10.8 Å². The smallest absolute Gasteiger partial charge is 0.0547 e. The summed E-state index contributed by atoms with van der Waals surface area (Å²) in [5.41, 5.74) is 14.5. The Bertz CT molecular complexity index is 2130. The molecule has 5 aliphatic carbocycles. The van der Waals surface area contributed by atoms with Gasteiger partial charge in [-0.2, -0.15) is 0 Å². The fourth-order valence-electron chi connectivity index (χ4n) is 10.8. The van der Waals surface area contributed by atoms with E-state index in [2.05, 4.69) is 135 Å². The molecular formula is C43H39N. The van der Waals surface area contributed by atoms with Crippen molar-refractivity contribution >= 4 is 21.8 Å². The SMILES string of the molecule is CC(C)(C)c1ccc(-n2c3ccccc3c3c(-c4ccc5c(c4)C4(c6ccccc6-5)C5CC6CC(C5)C4C6)cccc32)cc1. The van der Waals surface area contributed by atoms with Gasteiger partial charge in [0.1, 0.15) is 0 Å². The number of hydrogen-bond acceptors (Lipinski definition) is 0. The standard InChI is InChI=1S/C43H39N/c1-42(2,3)29-16-18-31(19-17-29)44-39-13-7-5-10-35(39)41-32(11-8-14-40(41)44)27-15-20-34-33-9-4-6-12-36(33)43(38(34)25-27)30-22-26-21-28(24-30)37(43)23-26/h4-20,25-26,28,30,37H,21-24H2,1-3H3. The predicted molar refractivity (Wildman–Crippen MR) is 184 cm³/mol. The number of aromatic nitrogens is 1. The predicted octanol–water partition coefficient (Wildman–Crippen LogP) is 11.1. The first-order valence-corrected chi connectivity index (χ1v) is 16.8. The first-order chi connectivity index (χ1) is 21.4. The van der Waals surface area contributed by atoms with Gasteiger partial charge in [-0.15, -0.1) is 0 Å².